The van der Waals surface area contributed by atoms with Crippen LogP contribution in [0.2, 0.25) is 10.0 Å². The van der Waals surface area contributed by atoms with E-state index >= 15 is 0 Å². The highest BCUT2D eigenvalue weighted by atomic mass is 35.5. The minimum Gasteiger partial charge on any atom is -0.486 e. The van der Waals surface area contributed by atoms with Gasteiger partial charge in [-0.3, -0.25) is 4.98 Å². The maximum atomic E-state index is 6.04. The van der Waals surface area contributed by atoms with E-state index in [2.05, 4.69) is 22.2 Å². The van der Waals surface area contributed by atoms with Crippen molar-refractivity contribution in [1.29, 1.82) is 0 Å². The van der Waals surface area contributed by atoms with Crippen molar-refractivity contribution >= 4 is 29.0 Å². The lowest BCUT2D eigenvalue weighted by atomic mass is 10.3. The molecule has 0 amide bonds. The fourth-order valence-corrected chi connectivity index (χ4v) is 1.87. The lowest BCUT2D eigenvalue weighted by molar-refractivity contribution is 0.301. The first-order chi connectivity index (χ1) is 9.70. The van der Waals surface area contributed by atoms with Crippen molar-refractivity contribution in [2.75, 3.05) is 11.9 Å². The molecule has 0 atom stereocenters. The zero-order valence-electron chi connectivity index (χ0n) is 11.1. The topological polar surface area (TPSA) is 47.0 Å². The van der Waals surface area contributed by atoms with E-state index < -0.39 is 0 Å². The van der Waals surface area contributed by atoms with Crippen molar-refractivity contribution in [2.45, 2.75) is 20.0 Å². The standard InChI is InChI=1S/C14H15Cl2N3O/c1-2-6-17-13-8-18-10(7-19-13)9-20-12-5-3-4-11(15)14(12)16/h3-5,7-8H,2,6,9H2,1H3,(H,17,19). The number of hydrogen-bond donors (Lipinski definition) is 1. The molecule has 0 aliphatic heterocycles. The molecule has 1 heterocycles. The quantitative estimate of drug-likeness (QED) is 0.869. The van der Waals surface area contributed by atoms with Crippen LogP contribution < -0.4 is 10.1 Å². The summed E-state index contributed by atoms with van der Waals surface area (Å²) in [6.07, 6.45) is 4.41. The lowest BCUT2D eigenvalue weighted by Gasteiger charge is -2.09. The molecule has 4 nitrogen and oxygen atoms in total. The molecule has 0 unspecified atom stereocenters. The number of aromatic nitrogens is 2. The van der Waals surface area contributed by atoms with Gasteiger partial charge in [0.1, 0.15) is 23.2 Å². The van der Waals surface area contributed by atoms with Crippen molar-refractivity contribution < 1.29 is 4.74 Å². The Morgan fingerprint density at radius 1 is 1.20 bits per heavy atom. The molecule has 1 aromatic carbocycles. The van der Waals surface area contributed by atoms with Crippen LogP contribution in [0.25, 0.3) is 0 Å². The molecule has 0 saturated heterocycles. The minimum atomic E-state index is 0.293. The Bertz CT molecular complexity index is 561. The predicted octanol–water partition coefficient (Wildman–Crippen LogP) is 4.18. The second-order valence-electron chi connectivity index (χ2n) is 4.16. The van der Waals surface area contributed by atoms with E-state index in [0.717, 1.165) is 24.5 Å². The van der Waals surface area contributed by atoms with Gasteiger partial charge in [0, 0.05) is 6.54 Å². The van der Waals surface area contributed by atoms with Crippen LogP contribution in [0.1, 0.15) is 19.0 Å². The fraction of sp³-hybridized carbons (Fsp3) is 0.286. The Labute approximate surface area is 128 Å². The van der Waals surface area contributed by atoms with E-state index in [0.29, 0.717) is 22.4 Å². The first-order valence-corrected chi connectivity index (χ1v) is 7.08. The van der Waals surface area contributed by atoms with E-state index in [1.54, 1.807) is 30.6 Å². The van der Waals surface area contributed by atoms with Gasteiger partial charge in [-0.15, -0.1) is 0 Å². The smallest absolute Gasteiger partial charge is 0.144 e. The molecular weight excluding hydrogens is 297 g/mol. The lowest BCUT2D eigenvalue weighted by Crippen LogP contribution is -2.04. The molecule has 20 heavy (non-hydrogen) atoms. The summed E-state index contributed by atoms with van der Waals surface area (Å²) in [5, 5.41) is 4.03. The summed E-state index contributed by atoms with van der Waals surface area (Å²) in [6.45, 7) is 3.27. The maximum Gasteiger partial charge on any atom is 0.144 e. The Kier molecular flexibility index (Phi) is 5.44. The summed E-state index contributed by atoms with van der Waals surface area (Å²) < 4.78 is 5.59. The Morgan fingerprint density at radius 2 is 2.05 bits per heavy atom. The number of benzene rings is 1. The van der Waals surface area contributed by atoms with Crippen molar-refractivity contribution in [1.82, 2.24) is 9.97 Å². The number of ether oxygens (including phenoxy) is 1. The molecule has 0 saturated carbocycles. The largest absolute Gasteiger partial charge is 0.486 e. The number of halogens is 2. The second-order valence-corrected chi connectivity index (χ2v) is 4.95. The number of nitrogens with zero attached hydrogens (tertiary/aromatic N) is 2. The van der Waals surface area contributed by atoms with Gasteiger partial charge in [-0.25, -0.2) is 4.98 Å². The van der Waals surface area contributed by atoms with Gasteiger partial charge in [0.25, 0.3) is 0 Å². The highest BCUT2D eigenvalue weighted by Crippen LogP contribution is 2.31. The van der Waals surface area contributed by atoms with Gasteiger partial charge in [0.05, 0.1) is 23.1 Å². The summed E-state index contributed by atoms with van der Waals surface area (Å²) in [5.41, 5.74) is 0.725. The van der Waals surface area contributed by atoms with Gasteiger partial charge in [-0.2, -0.15) is 0 Å². The van der Waals surface area contributed by atoms with Crippen LogP contribution in [-0.2, 0) is 6.61 Å². The Morgan fingerprint density at radius 3 is 2.75 bits per heavy atom. The van der Waals surface area contributed by atoms with Gasteiger partial charge in [0.15, 0.2) is 0 Å². The van der Waals surface area contributed by atoms with Crippen LogP contribution in [-0.4, -0.2) is 16.5 Å². The predicted molar refractivity (Wildman–Crippen MR) is 81.6 cm³/mol. The molecule has 6 heteroatoms. The van der Waals surface area contributed by atoms with Crippen molar-refractivity contribution in [3.8, 4) is 5.75 Å². The van der Waals surface area contributed by atoms with E-state index in [-0.39, 0.29) is 0 Å². The zero-order chi connectivity index (χ0) is 14.4. The van der Waals surface area contributed by atoms with Gasteiger partial charge < -0.3 is 10.1 Å². The van der Waals surface area contributed by atoms with Gasteiger partial charge in [-0.1, -0.05) is 36.2 Å². The molecule has 0 radical (unpaired) electrons. The molecule has 0 aliphatic rings. The van der Waals surface area contributed by atoms with Crippen LogP contribution in [0, 0.1) is 0 Å². The molecule has 106 valence electrons. The molecule has 0 spiro atoms. The molecule has 2 aromatic rings. The van der Waals surface area contributed by atoms with E-state index in [1.807, 2.05) is 0 Å². The Balaban J connectivity index is 1.95. The second kappa shape index (κ2) is 7.31. The SMILES string of the molecule is CCCNc1cnc(COc2cccc(Cl)c2Cl)cn1. The van der Waals surface area contributed by atoms with Gasteiger partial charge in [0.2, 0.25) is 0 Å². The van der Waals surface area contributed by atoms with Gasteiger partial charge in [-0.05, 0) is 18.6 Å². The highest BCUT2D eigenvalue weighted by molar-refractivity contribution is 6.42. The first-order valence-electron chi connectivity index (χ1n) is 6.32. The first kappa shape index (κ1) is 14.9. The van der Waals surface area contributed by atoms with Gasteiger partial charge >= 0.3 is 0 Å². The number of hydrogen-bond acceptors (Lipinski definition) is 4. The number of nitrogens with one attached hydrogen (secondary N) is 1. The zero-order valence-corrected chi connectivity index (χ0v) is 12.6. The normalized spacial score (nSPS) is 10.3. The highest BCUT2D eigenvalue weighted by Gasteiger charge is 2.06. The molecule has 0 aliphatic carbocycles. The molecule has 0 bridgehead atoms. The minimum absolute atomic E-state index is 0.293. The average Bonchev–Trinajstić information content (AvgIpc) is 2.48. The Hall–Kier alpha value is -1.52. The van der Waals surface area contributed by atoms with Crippen LogP contribution in [0.4, 0.5) is 5.82 Å². The maximum absolute atomic E-state index is 6.04. The third-order valence-corrected chi connectivity index (χ3v) is 3.35. The molecule has 2 rings (SSSR count). The summed E-state index contributed by atoms with van der Waals surface area (Å²) in [6, 6.07) is 5.26. The molecule has 1 N–H and O–H groups in total. The molecule has 0 fully saturated rings. The molecular formula is C14H15Cl2N3O. The van der Waals surface area contributed by atoms with E-state index in [4.69, 9.17) is 27.9 Å². The summed E-state index contributed by atoms with van der Waals surface area (Å²) in [7, 11) is 0. The third kappa shape index (κ3) is 3.99. The van der Waals surface area contributed by atoms with E-state index in [9.17, 15) is 0 Å². The van der Waals surface area contributed by atoms with Crippen molar-refractivity contribution in [3.05, 3.63) is 46.3 Å². The van der Waals surface area contributed by atoms with Crippen molar-refractivity contribution in [3.63, 3.8) is 0 Å². The monoisotopic (exact) mass is 311 g/mol. The fourth-order valence-electron chi connectivity index (χ4n) is 1.52. The van der Waals surface area contributed by atoms with Crippen LogP contribution >= 0.6 is 23.2 Å². The van der Waals surface area contributed by atoms with E-state index in [1.165, 1.54) is 0 Å². The van der Waals surface area contributed by atoms with Crippen LogP contribution in [0.5, 0.6) is 5.75 Å². The van der Waals surface area contributed by atoms with Crippen molar-refractivity contribution in [2.24, 2.45) is 0 Å². The number of anilines is 1. The van der Waals surface area contributed by atoms with Crippen LogP contribution in [0.3, 0.4) is 0 Å². The van der Waals surface area contributed by atoms with Crippen LogP contribution in [0.15, 0.2) is 30.6 Å². The molecule has 1 aromatic heterocycles. The summed E-state index contributed by atoms with van der Waals surface area (Å²) >= 11 is 12.0. The third-order valence-electron chi connectivity index (χ3n) is 2.55. The number of rotatable bonds is 6. The average molecular weight is 312 g/mol. The summed E-state index contributed by atoms with van der Waals surface area (Å²) in [4.78, 5) is 8.53. The summed E-state index contributed by atoms with van der Waals surface area (Å²) in [5.74, 6) is 1.30.